The standard InChI is InChI=1S/C15H20N2O3/c1-20-15(19)13-5-2-3-9-17(13)14(18)12-6-4-10-16(12)11-7-8-11/h4,6,10-11,13H,2-3,5,7-9H2,1H3/t13-/m1/s1. The second-order valence-corrected chi connectivity index (χ2v) is 5.57. The van der Waals surface area contributed by atoms with Crippen LogP contribution in [0.1, 0.15) is 48.6 Å². The van der Waals surface area contributed by atoms with Crippen molar-refractivity contribution in [1.82, 2.24) is 9.47 Å². The number of carbonyl (C=O) groups excluding carboxylic acids is 2. The minimum absolute atomic E-state index is 0.0444. The van der Waals surface area contributed by atoms with Crippen LogP contribution < -0.4 is 0 Å². The lowest BCUT2D eigenvalue weighted by atomic mass is 10.0. The molecule has 1 aliphatic carbocycles. The van der Waals surface area contributed by atoms with E-state index >= 15 is 0 Å². The Kier molecular flexibility index (Phi) is 3.51. The third kappa shape index (κ3) is 2.32. The van der Waals surface area contributed by atoms with Crippen molar-refractivity contribution in [3.63, 3.8) is 0 Å². The molecule has 1 aromatic heterocycles. The molecule has 1 aromatic rings. The number of methoxy groups -OCH3 is 1. The third-order valence-corrected chi connectivity index (χ3v) is 4.18. The third-order valence-electron chi connectivity index (χ3n) is 4.18. The van der Waals surface area contributed by atoms with Gasteiger partial charge in [-0.25, -0.2) is 4.79 Å². The summed E-state index contributed by atoms with van der Waals surface area (Å²) in [7, 11) is 1.38. The van der Waals surface area contributed by atoms with Crippen molar-refractivity contribution in [1.29, 1.82) is 0 Å². The first-order valence-electron chi connectivity index (χ1n) is 7.28. The number of hydrogen-bond acceptors (Lipinski definition) is 3. The molecule has 5 heteroatoms. The van der Waals surface area contributed by atoms with Gasteiger partial charge in [-0.3, -0.25) is 4.79 Å². The number of esters is 1. The summed E-state index contributed by atoms with van der Waals surface area (Å²) in [6, 6.07) is 3.79. The Morgan fingerprint density at radius 2 is 2.05 bits per heavy atom. The Morgan fingerprint density at radius 1 is 1.25 bits per heavy atom. The summed E-state index contributed by atoms with van der Waals surface area (Å²) in [5.74, 6) is -0.348. The molecule has 1 saturated carbocycles. The number of likely N-dealkylation sites (tertiary alicyclic amines) is 1. The van der Waals surface area contributed by atoms with Crippen molar-refractivity contribution >= 4 is 11.9 Å². The highest BCUT2D eigenvalue weighted by Gasteiger charge is 2.35. The molecule has 2 heterocycles. The van der Waals surface area contributed by atoms with E-state index in [0.29, 0.717) is 24.7 Å². The van der Waals surface area contributed by atoms with E-state index in [1.807, 2.05) is 22.9 Å². The van der Waals surface area contributed by atoms with Crippen LogP contribution in [0.2, 0.25) is 0 Å². The molecule has 0 aromatic carbocycles. The highest BCUT2D eigenvalue weighted by atomic mass is 16.5. The molecule has 108 valence electrons. The molecule has 1 atom stereocenters. The van der Waals surface area contributed by atoms with Crippen molar-refractivity contribution in [3.8, 4) is 0 Å². The lowest BCUT2D eigenvalue weighted by Crippen LogP contribution is -2.48. The first-order chi connectivity index (χ1) is 9.72. The van der Waals surface area contributed by atoms with Crippen molar-refractivity contribution in [2.45, 2.75) is 44.2 Å². The maximum absolute atomic E-state index is 12.7. The van der Waals surface area contributed by atoms with Gasteiger partial charge in [0.15, 0.2) is 0 Å². The van der Waals surface area contributed by atoms with E-state index in [4.69, 9.17) is 4.74 Å². The number of aromatic nitrogens is 1. The lowest BCUT2D eigenvalue weighted by Gasteiger charge is -2.33. The monoisotopic (exact) mass is 276 g/mol. The van der Waals surface area contributed by atoms with Gasteiger partial charge in [0.05, 0.1) is 7.11 Å². The zero-order valence-corrected chi connectivity index (χ0v) is 11.7. The number of ether oxygens (including phenoxy) is 1. The van der Waals surface area contributed by atoms with E-state index in [1.54, 1.807) is 4.90 Å². The summed E-state index contributed by atoms with van der Waals surface area (Å²) in [5, 5.41) is 0. The van der Waals surface area contributed by atoms with Gasteiger partial charge in [-0.1, -0.05) is 0 Å². The summed E-state index contributed by atoms with van der Waals surface area (Å²) in [5.41, 5.74) is 0.698. The quantitative estimate of drug-likeness (QED) is 0.793. The molecule has 1 aliphatic heterocycles. The molecule has 0 radical (unpaired) electrons. The molecule has 0 N–H and O–H groups in total. The minimum Gasteiger partial charge on any atom is -0.467 e. The van der Waals surface area contributed by atoms with E-state index in [-0.39, 0.29) is 11.9 Å². The molecular formula is C15H20N2O3. The normalized spacial score (nSPS) is 22.6. The summed E-state index contributed by atoms with van der Waals surface area (Å²) >= 11 is 0. The molecular weight excluding hydrogens is 256 g/mol. The van der Waals surface area contributed by atoms with Crippen molar-refractivity contribution in [2.24, 2.45) is 0 Å². The fourth-order valence-corrected chi connectivity index (χ4v) is 2.95. The molecule has 5 nitrogen and oxygen atoms in total. The van der Waals surface area contributed by atoms with Gasteiger partial charge in [-0.05, 0) is 44.2 Å². The fourth-order valence-electron chi connectivity index (χ4n) is 2.95. The summed E-state index contributed by atoms with van der Waals surface area (Å²) in [6.45, 7) is 0.633. The SMILES string of the molecule is COC(=O)[C@H]1CCCCN1C(=O)c1cccn1C1CC1. The van der Waals surface area contributed by atoms with Crippen LogP contribution in [0.4, 0.5) is 0 Å². The number of amides is 1. The van der Waals surface area contributed by atoms with E-state index in [1.165, 1.54) is 7.11 Å². The molecule has 2 aliphatic rings. The van der Waals surface area contributed by atoms with Crippen molar-refractivity contribution in [3.05, 3.63) is 24.0 Å². The van der Waals surface area contributed by atoms with Crippen LogP contribution in [0.25, 0.3) is 0 Å². The van der Waals surface area contributed by atoms with Gasteiger partial charge >= 0.3 is 5.97 Å². The van der Waals surface area contributed by atoms with Gasteiger partial charge in [-0.2, -0.15) is 0 Å². The average Bonchev–Trinajstić information content (AvgIpc) is 3.23. The Balaban J connectivity index is 1.83. The van der Waals surface area contributed by atoms with Crippen molar-refractivity contribution in [2.75, 3.05) is 13.7 Å². The van der Waals surface area contributed by atoms with E-state index in [9.17, 15) is 9.59 Å². The summed E-state index contributed by atoms with van der Waals surface area (Å²) in [4.78, 5) is 26.3. The Hall–Kier alpha value is -1.78. The van der Waals surface area contributed by atoms with Crippen LogP contribution in [-0.4, -0.2) is 41.0 Å². The van der Waals surface area contributed by atoms with Crippen LogP contribution in [0.15, 0.2) is 18.3 Å². The Labute approximate surface area is 118 Å². The molecule has 1 amide bonds. The molecule has 0 unspecified atom stereocenters. The van der Waals surface area contributed by atoms with E-state index in [2.05, 4.69) is 0 Å². The summed E-state index contributed by atoms with van der Waals surface area (Å²) < 4.78 is 6.88. The average molecular weight is 276 g/mol. The van der Waals surface area contributed by atoms with Crippen LogP contribution >= 0.6 is 0 Å². The fraction of sp³-hybridized carbons (Fsp3) is 0.600. The van der Waals surface area contributed by atoms with E-state index < -0.39 is 6.04 Å². The zero-order chi connectivity index (χ0) is 14.1. The predicted molar refractivity (Wildman–Crippen MR) is 73.4 cm³/mol. The first-order valence-corrected chi connectivity index (χ1v) is 7.28. The second kappa shape index (κ2) is 5.31. The highest BCUT2D eigenvalue weighted by molar-refractivity contribution is 5.95. The lowest BCUT2D eigenvalue weighted by molar-refractivity contribution is -0.147. The molecule has 0 spiro atoms. The van der Waals surface area contributed by atoms with Crippen molar-refractivity contribution < 1.29 is 14.3 Å². The van der Waals surface area contributed by atoms with Gasteiger partial charge in [0.2, 0.25) is 0 Å². The van der Waals surface area contributed by atoms with Gasteiger partial charge in [0.1, 0.15) is 11.7 Å². The Bertz CT molecular complexity index is 519. The number of piperidine rings is 1. The topological polar surface area (TPSA) is 51.5 Å². The van der Waals surface area contributed by atoms with Gasteiger partial charge in [-0.15, -0.1) is 0 Å². The van der Waals surface area contributed by atoms with Crippen LogP contribution in [-0.2, 0) is 9.53 Å². The largest absolute Gasteiger partial charge is 0.467 e. The molecule has 2 fully saturated rings. The number of hydrogen-bond donors (Lipinski definition) is 0. The zero-order valence-electron chi connectivity index (χ0n) is 11.7. The minimum atomic E-state index is -0.427. The predicted octanol–water partition coefficient (Wildman–Crippen LogP) is 1.99. The molecule has 3 rings (SSSR count). The first kappa shape index (κ1) is 13.2. The maximum Gasteiger partial charge on any atom is 0.328 e. The Morgan fingerprint density at radius 3 is 2.75 bits per heavy atom. The van der Waals surface area contributed by atoms with Gasteiger partial charge < -0.3 is 14.2 Å². The molecule has 20 heavy (non-hydrogen) atoms. The number of rotatable bonds is 3. The van der Waals surface area contributed by atoms with Crippen LogP contribution in [0.5, 0.6) is 0 Å². The van der Waals surface area contributed by atoms with Crippen LogP contribution in [0.3, 0.4) is 0 Å². The number of nitrogens with zero attached hydrogens (tertiary/aromatic N) is 2. The maximum atomic E-state index is 12.7. The molecule has 0 bridgehead atoms. The van der Waals surface area contributed by atoms with E-state index in [0.717, 1.165) is 25.7 Å². The van der Waals surface area contributed by atoms with Gasteiger partial charge in [0, 0.05) is 18.8 Å². The second-order valence-electron chi connectivity index (χ2n) is 5.57. The van der Waals surface area contributed by atoms with Gasteiger partial charge in [0.25, 0.3) is 5.91 Å². The summed E-state index contributed by atoms with van der Waals surface area (Å²) in [6.07, 6.45) is 6.84. The molecule has 1 saturated heterocycles. The number of carbonyl (C=O) groups is 2. The van der Waals surface area contributed by atoms with Crippen LogP contribution in [0, 0.1) is 0 Å². The smallest absolute Gasteiger partial charge is 0.328 e. The highest BCUT2D eigenvalue weighted by Crippen LogP contribution is 2.36.